The fourth-order valence-corrected chi connectivity index (χ4v) is 13.5. The maximum atomic E-state index is 7.55. The topological polar surface area (TPSA) is 19.6 Å². The summed E-state index contributed by atoms with van der Waals surface area (Å²) in [6.45, 7) is 17.9. The van der Waals surface area contributed by atoms with Gasteiger partial charge in [0.05, 0.1) is 22.2 Å². The summed E-state index contributed by atoms with van der Waals surface area (Å²) in [5.41, 5.74) is 24.5. The Morgan fingerprint density at radius 2 is 0.866 bits per heavy atom. The highest BCUT2D eigenvalue weighted by atomic mass is 16.3. The molecule has 0 saturated carbocycles. The minimum atomic E-state index is -0.767. The Labute approximate surface area is 482 Å². The van der Waals surface area contributed by atoms with Crippen molar-refractivity contribution in [3.8, 4) is 33.4 Å². The van der Waals surface area contributed by atoms with E-state index in [4.69, 9.17) is 4.42 Å². The number of fused-ring (bicyclic) bond motifs is 16. The molecule has 398 valence electrons. The Morgan fingerprint density at radius 1 is 0.415 bits per heavy atom. The van der Waals surface area contributed by atoms with Crippen molar-refractivity contribution in [2.45, 2.75) is 71.6 Å². The molecule has 0 radical (unpaired) electrons. The van der Waals surface area contributed by atoms with Gasteiger partial charge in [0.15, 0.2) is 0 Å². The summed E-state index contributed by atoms with van der Waals surface area (Å²) in [4.78, 5) is 4.98. The zero-order valence-electron chi connectivity index (χ0n) is 48.1. The first-order chi connectivity index (χ1) is 39.9. The molecule has 3 nitrogen and oxygen atoms in total. The molecule has 14 rings (SSSR count). The maximum Gasteiger partial charge on any atom is 0.145 e. The van der Waals surface area contributed by atoms with Gasteiger partial charge in [-0.05, 0) is 169 Å². The van der Waals surface area contributed by atoms with Crippen LogP contribution in [0.15, 0.2) is 259 Å². The number of furan rings is 1. The minimum absolute atomic E-state index is 0.0136. The molecule has 0 fully saturated rings. The number of nitrogens with zero attached hydrogens (tertiary/aromatic N) is 2. The quantitative estimate of drug-likeness (QED) is 0.134. The fraction of sp³-hybridized carbons (Fsp3) is 0.139. The van der Waals surface area contributed by atoms with Crippen LogP contribution >= 0.6 is 0 Å². The predicted octanol–water partition coefficient (Wildman–Crippen LogP) is 22.3. The number of anilines is 6. The lowest BCUT2D eigenvalue weighted by Gasteiger charge is -2.34. The van der Waals surface area contributed by atoms with Crippen molar-refractivity contribution in [2.75, 3.05) is 9.80 Å². The Balaban J connectivity index is 1.11. The second-order valence-corrected chi connectivity index (χ2v) is 24.3. The molecule has 3 heteroatoms. The van der Waals surface area contributed by atoms with Crippen LogP contribution in [0.25, 0.3) is 71.7 Å². The van der Waals surface area contributed by atoms with Crippen LogP contribution in [0.1, 0.15) is 94.3 Å². The molecule has 0 aliphatic heterocycles. The molecular formula is C79H66N2O. The van der Waals surface area contributed by atoms with Gasteiger partial charge in [0.25, 0.3) is 0 Å². The molecule has 0 N–H and O–H groups in total. The van der Waals surface area contributed by atoms with Crippen molar-refractivity contribution in [1.29, 1.82) is 0 Å². The van der Waals surface area contributed by atoms with E-state index >= 15 is 0 Å². The molecular weight excluding hydrogens is 993 g/mol. The van der Waals surface area contributed by atoms with Crippen LogP contribution < -0.4 is 9.80 Å². The fourth-order valence-electron chi connectivity index (χ4n) is 13.5. The Bertz CT molecular complexity index is 4460. The summed E-state index contributed by atoms with van der Waals surface area (Å²) in [7, 11) is 0. The van der Waals surface area contributed by atoms with E-state index in [1.165, 1.54) is 77.7 Å². The molecule has 1 heterocycles. The van der Waals surface area contributed by atoms with Crippen molar-refractivity contribution < 1.29 is 4.42 Å². The molecule has 2 aliphatic rings. The van der Waals surface area contributed by atoms with Gasteiger partial charge >= 0.3 is 0 Å². The zero-order valence-corrected chi connectivity index (χ0v) is 48.1. The van der Waals surface area contributed by atoms with E-state index in [-0.39, 0.29) is 10.8 Å². The second-order valence-electron chi connectivity index (χ2n) is 24.3. The van der Waals surface area contributed by atoms with Gasteiger partial charge in [-0.3, -0.25) is 0 Å². The Kier molecular flexibility index (Phi) is 12.0. The van der Waals surface area contributed by atoms with E-state index in [0.717, 1.165) is 67.0 Å². The second kappa shape index (κ2) is 19.4. The molecule has 82 heavy (non-hydrogen) atoms. The summed E-state index contributed by atoms with van der Waals surface area (Å²) in [6, 6.07) is 88.6. The molecule has 0 amide bonds. The van der Waals surface area contributed by atoms with Gasteiger partial charge in [0.1, 0.15) is 11.2 Å². The van der Waals surface area contributed by atoms with Crippen molar-refractivity contribution in [3.63, 3.8) is 0 Å². The van der Waals surface area contributed by atoms with Gasteiger partial charge in [-0.15, -0.1) is 0 Å². The lowest BCUT2D eigenvalue weighted by atomic mass is 9.70. The van der Waals surface area contributed by atoms with Gasteiger partial charge in [0.2, 0.25) is 0 Å². The highest BCUT2D eigenvalue weighted by molar-refractivity contribution is 6.23. The van der Waals surface area contributed by atoms with Crippen LogP contribution in [0, 0.1) is 0 Å². The first-order valence-corrected chi connectivity index (χ1v) is 29.0. The summed E-state index contributed by atoms with van der Waals surface area (Å²) in [5.74, 6) is 0. The van der Waals surface area contributed by atoms with Crippen LogP contribution in [-0.2, 0) is 16.2 Å². The van der Waals surface area contributed by atoms with E-state index in [9.17, 15) is 0 Å². The largest absolute Gasteiger partial charge is 0.455 e. The van der Waals surface area contributed by atoms with E-state index in [1.807, 2.05) is 0 Å². The highest BCUT2D eigenvalue weighted by Gasteiger charge is 2.54. The molecule has 2 aliphatic carbocycles. The van der Waals surface area contributed by atoms with E-state index in [1.54, 1.807) is 0 Å². The third-order valence-electron chi connectivity index (χ3n) is 17.5. The van der Waals surface area contributed by atoms with Gasteiger partial charge in [-0.25, -0.2) is 0 Å². The predicted molar refractivity (Wildman–Crippen MR) is 348 cm³/mol. The average molecular weight is 1060 g/mol. The lowest BCUT2D eigenvalue weighted by Crippen LogP contribution is -2.26. The monoisotopic (exact) mass is 1060 g/mol. The summed E-state index contributed by atoms with van der Waals surface area (Å²) < 4.78 is 7.55. The van der Waals surface area contributed by atoms with Gasteiger partial charge in [-0.1, -0.05) is 230 Å². The molecule has 0 bridgehead atoms. The summed E-state index contributed by atoms with van der Waals surface area (Å²) in [5, 5.41) is 4.49. The SMILES string of the molecule is C/C=C\C(=C/C)c1ccc(N(c2ccc(C(C)(C)C)cc2)c2cc3c(c4ccccc24)-c2c(cc(N(c4ccc(-c5ccccc5)cc4)c4ccc(C(C)(C)C)cc4)c4c2oc2ccccc24)C32c3ccccc3-c3ccccc32)cc1. The van der Waals surface area contributed by atoms with Crippen molar-refractivity contribution in [2.24, 2.45) is 0 Å². The number of allylic oxidation sites excluding steroid dienone is 4. The number of hydrogen-bond acceptors (Lipinski definition) is 3. The van der Waals surface area contributed by atoms with Crippen LogP contribution in [-0.4, -0.2) is 0 Å². The number of benzene rings is 11. The summed E-state index contributed by atoms with van der Waals surface area (Å²) in [6.07, 6.45) is 6.49. The molecule has 1 spiro atoms. The molecule has 0 unspecified atom stereocenters. The third kappa shape index (κ3) is 7.92. The first-order valence-electron chi connectivity index (χ1n) is 29.0. The van der Waals surface area contributed by atoms with Crippen LogP contribution in [0.3, 0.4) is 0 Å². The van der Waals surface area contributed by atoms with E-state index < -0.39 is 5.41 Å². The first kappa shape index (κ1) is 50.8. The molecule has 11 aromatic carbocycles. The zero-order chi connectivity index (χ0) is 56.1. The smallest absolute Gasteiger partial charge is 0.145 e. The Hall–Kier alpha value is -9.44. The maximum absolute atomic E-state index is 7.55. The molecule has 0 saturated heterocycles. The highest BCUT2D eigenvalue weighted by Crippen LogP contribution is 2.67. The van der Waals surface area contributed by atoms with Crippen LogP contribution in [0.4, 0.5) is 34.1 Å². The molecule has 1 aromatic heterocycles. The number of para-hydroxylation sites is 1. The van der Waals surface area contributed by atoms with Crippen LogP contribution in [0.2, 0.25) is 0 Å². The normalized spacial score (nSPS) is 13.5. The average Bonchev–Trinajstić information content (AvgIpc) is 1.53. The van der Waals surface area contributed by atoms with Gasteiger partial charge < -0.3 is 14.2 Å². The van der Waals surface area contributed by atoms with Crippen molar-refractivity contribution in [1.82, 2.24) is 0 Å². The van der Waals surface area contributed by atoms with Gasteiger partial charge in [0, 0.05) is 39.1 Å². The van der Waals surface area contributed by atoms with E-state index in [2.05, 4.69) is 320 Å². The third-order valence-corrected chi connectivity index (χ3v) is 17.5. The van der Waals surface area contributed by atoms with Gasteiger partial charge in [-0.2, -0.15) is 0 Å². The minimum Gasteiger partial charge on any atom is -0.455 e. The lowest BCUT2D eigenvalue weighted by molar-refractivity contribution is 0.590. The standard InChI is InChI=1S/C79H66N2O/c1-9-22-51(10-2)53-33-41-57(42-34-53)80(59-45-37-55(38-46-59)77(3,4)5)70-49-68-73(64-28-15-14-27-63(64)70)75-69(79(68)66-30-19-16-25-61(66)62-26-17-20-31-67(62)79)50-71(74-65-29-18-21-32-72(65)82-76(74)75)81(60-47-39-56(40-48-60)78(6,7)8)58-43-35-54(36-44-58)52-23-12-11-13-24-52/h9-50H,1-8H3/b22-9-,51-10+. The Morgan fingerprint density at radius 3 is 1.43 bits per heavy atom. The summed E-state index contributed by atoms with van der Waals surface area (Å²) >= 11 is 0. The number of hydrogen-bond donors (Lipinski definition) is 0. The number of rotatable bonds is 9. The molecule has 0 atom stereocenters. The molecule has 12 aromatic rings. The van der Waals surface area contributed by atoms with Crippen LogP contribution in [0.5, 0.6) is 0 Å². The van der Waals surface area contributed by atoms with E-state index in [0.29, 0.717) is 0 Å². The van der Waals surface area contributed by atoms with Crippen molar-refractivity contribution in [3.05, 3.63) is 294 Å². The van der Waals surface area contributed by atoms with Crippen molar-refractivity contribution >= 4 is 72.4 Å².